The molecule has 1 aliphatic heterocycles. The lowest BCUT2D eigenvalue weighted by molar-refractivity contribution is 0.0997. The third-order valence-corrected chi connectivity index (χ3v) is 5.48. The van der Waals surface area contributed by atoms with Crippen molar-refractivity contribution in [1.82, 2.24) is 14.8 Å². The van der Waals surface area contributed by atoms with E-state index in [0.29, 0.717) is 30.4 Å². The molecular weight excluding hydrogens is 388 g/mol. The molecule has 2 heterocycles. The van der Waals surface area contributed by atoms with E-state index in [1.54, 1.807) is 4.90 Å². The van der Waals surface area contributed by atoms with Crippen LogP contribution in [0.5, 0.6) is 0 Å². The molecule has 6 nitrogen and oxygen atoms in total. The molecular formula is C22H21ClN4O2. The Labute approximate surface area is 173 Å². The number of nitrogens with one attached hydrogen (secondary N) is 1. The minimum Gasteiger partial charge on any atom is -0.365 e. The first-order valence-electron chi connectivity index (χ1n) is 9.39. The van der Waals surface area contributed by atoms with E-state index in [4.69, 9.17) is 17.3 Å². The normalized spacial score (nSPS) is 13.1. The first-order chi connectivity index (χ1) is 14.1. The molecule has 0 bridgehead atoms. The van der Waals surface area contributed by atoms with E-state index in [2.05, 4.69) is 5.32 Å². The first-order valence-corrected chi connectivity index (χ1v) is 9.77. The summed E-state index contributed by atoms with van der Waals surface area (Å²) < 4.78 is 2.00. The Balaban J connectivity index is 1.60. The molecule has 0 saturated heterocycles. The monoisotopic (exact) mass is 408 g/mol. The summed E-state index contributed by atoms with van der Waals surface area (Å²) in [6.07, 6.45) is 0. The molecule has 0 unspecified atom stereocenters. The fourth-order valence-corrected chi connectivity index (χ4v) is 4.13. The number of nitrogens with two attached hydrogens (primary N) is 1. The van der Waals surface area contributed by atoms with Gasteiger partial charge in [-0.25, -0.2) is 4.79 Å². The third-order valence-electron chi connectivity index (χ3n) is 5.11. The van der Waals surface area contributed by atoms with E-state index in [9.17, 15) is 9.59 Å². The molecule has 0 radical (unpaired) electrons. The molecule has 0 atom stereocenters. The zero-order valence-corrected chi connectivity index (χ0v) is 16.5. The van der Waals surface area contributed by atoms with Crippen LogP contribution < -0.4 is 11.1 Å². The van der Waals surface area contributed by atoms with Crippen molar-refractivity contribution in [1.29, 1.82) is 0 Å². The number of amides is 3. The quantitative estimate of drug-likeness (QED) is 0.691. The summed E-state index contributed by atoms with van der Waals surface area (Å²) in [6, 6.07) is 19.2. The summed E-state index contributed by atoms with van der Waals surface area (Å²) in [7, 11) is 0. The summed E-state index contributed by atoms with van der Waals surface area (Å²) >= 11 is 6.58. The van der Waals surface area contributed by atoms with Gasteiger partial charge in [-0.15, -0.1) is 0 Å². The van der Waals surface area contributed by atoms with E-state index in [0.717, 1.165) is 16.8 Å². The van der Waals surface area contributed by atoms with Gasteiger partial charge < -0.3 is 20.5 Å². The Hall–Kier alpha value is -3.25. The number of carbonyl (C=O) groups excluding carboxylic acids is 2. The van der Waals surface area contributed by atoms with E-state index in [1.165, 1.54) is 0 Å². The van der Waals surface area contributed by atoms with E-state index in [-0.39, 0.29) is 18.1 Å². The van der Waals surface area contributed by atoms with Crippen LogP contribution >= 0.6 is 11.6 Å². The van der Waals surface area contributed by atoms with Crippen molar-refractivity contribution in [3.8, 4) is 11.3 Å². The van der Waals surface area contributed by atoms with Crippen molar-refractivity contribution in [2.45, 2.75) is 19.6 Å². The maximum atomic E-state index is 12.7. The number of fused-ring (bicyclic) bond motifs is 1. The predicted molar refractivity (Wildman–Crippen MR) is 112 cm³/mol. The maximum absolute atomic E-state index is 12.7. The van der Waals surface area contributed by atoms with Crippen molar-refractivity contribution < 1.29 is 9.59 Å². The lowest BCUT2D eigenvalue weighted by Gasteiger charge is -2.30. The van der Waals surface area contributed by atoms with Gasteiger partial charge in [0.15, 0.2) is 0 Å². The molecule has 0 saturated carbocycles. The van der Waals surface area contributed by atoms with Crippen LogP contribution in [0, 0.1) is 0 Å². The number of aromatic nitrogens is 1. The molecule has 3 N–H and O–H groups in total. The second-order valence-electron chi connectivity index (χ2n) is 6.93. The molecule has 0 aliphatic carbocycles. The van der Waals surface area contributed by atoms with Gasteiger partial charge in [0.25, 0.3) is 5.91 Å². The zero-order valence-electron chi connectivity index (χ0n) is 15.8. The van der Waals surface area contributed by atoms with E-state index in [1.807, 2.05) is 65.2 Å². The van der Waals surface area contributed by atoms with Gasteiger partial charge in [-0.2, -0.15) is 0 Å². The number of primary amides is 1. The van der Waals surface area contributed by atoms with Crippen molar-refractivity contribution in [2.75, 3.05) is 6.54 Å². The summed E-state index contributed by atoms with van der Waals surface area (Å²) in [6.45, 7) is 1.75. The van der Waals surface area contributed by atoms with Crippen molar-refractivity contribution in [2.24, 2.45) is 5.73 Å². The first kappa shape index (κ1) is 19.1. The second kappa shape index (κ2) is 8.01. The molecule has 0 spiro atoms. The molecule has 1 aromatic heterocycles. The van der Waals surface area contributed by atoms with Crippen LogP contribution in [0.4, 0.5) is 4.79 Å². The SMILES string of the molecule is NC(=O)c1c(Cl)c(-c2ccccc2)n2c1CN(C(=O)NCc1ccccc1)CC2. The zero-order chi connectivity index (χ0) is 20.4. The molecule has 29 heavy (non-hydrogen) atoms. The molecule has 7 heteroatoms. The molecule has 2 aromatic carbocycles. The molecule has 1 aliphatic rings. The number of hydrogen-bond donors (Lipinski definition) is 2. The maximum Gasteiger partial charge on any atom is 0.318 e. The van der Waals surface area contributed by atoms with Crippen molar-refractivity contribution >= 4 is 23.5 Å². The number of carbonyl (C=O) groups is 2. The number of rotatable bonds is 4. The van der Waals surface area contributed by atoms with Gasteiger partial charge in [-0.1, -0.05) is 72.3 Å². The van der Waals surface area contributed by atoms with Gasteiger partial charge >= 0.3 is 6.03 Å². The highest BCUT2D eigenvalue weighted by atomic mass is 35.5. The van der Waals surface area contributed by atoms with Gasteiger partial charge in [0.05, 0.1) is 28.5 Å². The van der Waals surface area contributed by atoms with Crippen LogP contribution in [0.3, 0.4) is 0 Å². The fraction of sp³-hybridized carbons (Fsp3) is 0.182. The van der Waals surface area contributed by atoms with E-state index >= 15 is 0 Å². The number of halogens is 1. The summed E-state index contributed by atoms with van der Waals surface area (Å²) in [5.41, 5.74) is 9.28. The smallest absolute Gasteiger partial charge is 0.318 e. The van der Waals surface area contributed by atoms with Crippen molar-refractivity contribution in [3.05, 3.63) is 82.5 Å². The Morgan fingerprint density at radius 3 is 2.31 bits per heavy atom. The average Bonchev–Trinajstić information content (AvgIpc) is 3.04. The Bertz CT molecular complexity index is 1050. The van der Waals surface area contributed by atoms with Crippen LogP contribution in [-0.4, -0.2) is 28.0 Å². The number of urea groups is 1. The van der Waals surface area contributed by atoms with Gasteiger partial charge in [0, 0.05) is 19.6 Å². The average molecular weight is 409 g/mol. The van der Waals surface area contributed by atoms with Crippen LogP contribution in [0.25, 0.3) is 11.3 Å². The van der Waals surface area contributed by atoms with Gasteiger partial charge in [0.2, 0.25) is 0 Å². The van der Waals surface area contributed by atoms with Crippen molar-refractivity contribution in [3.63, 3.8) is 0 Å². The molecule has 4 rings (SSSR count). The standard InChI is InChI=1S/C22H21ClN4O2/c23-19-18(21(24)28)17-14-26(22(29)25-13-15-7-3-1-4-8-15)11-12-27(17)20(19)16-9-5-2-6-10-16/h1-10H,11-14H2,(H2,24,28)(H,25,29). The Kier molecular flexibility index (Phi) is 5.27. The van der Waals surface area contributed by atoms with Crippen LogP contribution in [0.2, 0.25) is 5.02 Å². The minimum atomic E-state index is -0.590. The van der Waals surface area contributed by atoms with E-state index < -0.39 is 5.91 Å². The van der Waals surface area contributed by atoms with Gasteiger partial charge in [0.1, 0.15) is 0 Å². The number of nitrogens with zero attached hydrogens (tertiary/aromatic N) is 2. The topological polar surface area (TPSA) is 80.4 Å². The summed E-state index contributed by atoms with van der Waals surface area (Å²) in [5, 5.41) is 3.27. The third kappa shape index (κ3) is 3.71. The largest absolute Gasteiger partial charge is 0.365 e. The molecule has 0 fully saturated rings. The fourth-order valence-electron chi connectivity index (χ4n) is 3.71. The highest BCUT2D eigenvalue weighted by Crippen LogP contribution is 2.37. The second-order valence-corrected chi connectivity index (χ2v) is 7.31. The highest BCUT2D eigenvalue weighted by molar-refractivity contribution is 6.36. The molecule has 148 valence electrons. The lowest BCUT2D eigenvalue weighted by Crippen LogP contribution is -2.44. The summed E-state index contributed by atoms with van der Waals surface area (Å²) in [4.78, 5) is 26.5. The number of benzene rings is 2. The Morgan fingerprint density at radius 2 is 1.66 bits per heavy atom. The van der Waals surface area contributed by atoms with Crippen LogP contribution in [-0.2, 0) is 19.6 Å². The minimum absolute atomic E-state index is 0.186. The van der Waals surface area contributed by atoms with Crippen LogP contribution in [0.15, 0.2) is 60.7 Å². The Morgan fingerprint density at radius 1 is 1.00 bits per heavy atom. The molecule has 3 amide bonds. The van der Waals surface area contributed by atoms with Crippen LogP contribution in [0.1, 0.15) is 21.6 Å². The molecule has 3 aromatic rings. The number of hydrogen-bond acceptors (Lipinski definition) is 2. The summed E-state index contributed by atoms with van der Waals surface area (Å²) in [5.74, 6) is -0.590. The van der Waals surface area contributed by atoms with Gasteiger partial charge in [-0.3, -0.25) is 4.79 Å². The predicted octanol–water partition coefficient (Wildman–Crippen LogP) is 3.63. The highest BCUT2D eigenvalue weighted by Gasteiger charge is 2.31. The lowest BCUT2D eigenvalue weighted by atomic mass is 10.1. The van der Waals surface area contributed by atoms with Gasteiger partial charge in [-0.05, 0) is 11.1 Å².